The van der Waals surface area contributed by atoms with E-state index in [9.17, 15) is 17.6 Å². The summed E-state index contributed by atoms with van der Waals surface area (Å²) in [4.78, 5) is 12.3. The highest BCUT2D eigenvalue weighted by Crippen LogP contribution is 2.16. The Balaban J connectivity index is 2.22. The van der Waals surface area contributed by atoms with Gasteiger partial charge >= 0.3 is 5.97 Å². The number of carbonyl (C=O) groups is 1. The second-order valence-electron chi connectivity index (χ2n) is 4.14. The van der Waals surface area contributed by atoms with Gasteiger partial charge in [0, 0.05) is 13.1 Å². The standard InChI is InChI=1S/C11H13FN2O5S/c12-9-7-8(11(15)16)1-2-10(9)20(17,18)13-14-3-5-19-6-4-14/h1-2,7,13H,3-6H2,(H,15,16). The van der Waals surface area contributed by atoms with Crippen LogP contribution in [-0.4, -0.2) is 50.8 Å². The average Bonchev–Trinajstić information content (AvgIpc) is 2.38. The fraction of sp³-hybridized carbons (Fsp3) is 0.364. The first-order chi connectivity index (χ1) is 9.40. The van der Waals surface area contributed by atoms with Crippen molar-refractivity contribution in [2.24, 2.45) is 0 Å². The van der Waals surface area contributed by atoms with Crippen molar-refractivity contribution in [2.75, 3.05) is 26.3 Å². The van der Waals surface area contributed by atoms with Crippen LogP contribution in [0.5, 0.6) is 0 Å². The quantitative estimate of drug-likeness (QED) is 0.816. The SMILES string of the molecule is O=C(O)c1ccc(S(=O)(=O)NN2CCOCC2)c(F)c1. The van der Waals surface area contributed by atoms with E-state index in [1.54, 1.807) is 0 Å². The van der Waals surface area contributed by atoms with E-state index in [1.807, 2.05) is 0 Å². The molecule has 1 heterocycles. The molecule has 1 fully saturated rings. The van der Waals surface area contributed by atoms with E-state index >= 15 is 0 Å². The molecule has 1 saturated heterocycles. The van der Waals surface area contributed by atoms with Crippen molar-refractivity contribution >= 4 is 16.0 Å². The first kappa shape index (κ1) is 14.9. The molecule has 2 N–H and O–H groups in total. The number of nitrogens with zero attached hydrogens (tertiary/aromatic N) is 1. The van der Waals surface area contributed by atoms with Crippen LogP contribution in [0.3, 0.4) is 0 Å². The lowest BCUT2D eigenvalue weighted by atomic mass is 10.2. The molecule has 0 amide bonds. The summed E-state index contributed by atoms with van der Waals surface area (Å²) in [5.41, 5.74) is -0.312. The summed E-state index contributed by atoms with van der Waals surface area (Å²) in [5, 5.41) is 10.1. The smallest absolute Gasteiger partial charge is 0.335 e. The topological polar surface area (TPSA) is 95.9 Å². The predicted molar refractivity (Wildman–Crippen MR) is 66.1 cm³/mol. The highest BCUT2D eigenvalue weighted by atomic mass is 32.2. The van der Waals surface area contributed by atoms with Gasteiger partial charge in [0.05, 0.1) is 18.8 Å². The van der Waals surface area contributed by atoms with Gasteiger partial charge in [-0.3, -0.25) is 0 Å². The third-order valence-corrected chi connectivity index (χ3v) is 4.14. The summed E-state index contributed by atoms with van der Waals surface area (Å²) in [5.74, 6) is -2.43. The molecule has 0 unspecified atom stereocenters. The Morgan fingerprint density at radius 3 is 2.55 bits per heavy atom. The van der Waals surface area contributed by atoms with Gasteiger partial charge in [0.25, 0.3) is 10.0 Å². The molecule has 0 spiro atoms. The number of carboxylic acids is 1. The summed E-state index contributed by atoms with van der Waals surface area (Å²) >= 11 is 0. The number of rotatable bonds is 4. The first-order valence-electron chi connectivity index (χ1n) is 5.78. The third-order valence-electron chi connectivity index (χ3n) is 2.73. The molecule has 20 heavy (non-hydrogen) atoms. The van der Waals surface area contributed by atoms with Crippen molar-refractivity contribution in [2.45, 2.75) is 4.90 Å². The number of hydrogen-bond donors (Lipinski definition) is 2. The summed E-state index contributed by atoms with van der Waals surface area (Å²) in [7, 11) is -4.08. The Kier molecular flexibility index (Phi) is 4.33. The monoisotopic (exact) mass is 304 g/mol. The molecule has 2 rings (SSSR count). The van der Waals surface area contributed by atoms with E-state index in [1.165, 1.54) is 5.01 Å². The van der Waals surface area contributed by atoms with Gasteiger partial charge in [-0.05, 0) is 18.2 Å². The first-order valence-corrected chi connectivity index (χ1v) is 7.26. The number of hydrazine groups is 1. The minimum atomic E-state index is -4.08. The zero-order chi connectivity index (χ0) is 14.8. The molecular formula is C11H13FN2O5S. The number of morpholine rings is 1. The average molecular weight is 304 g/mol. The molecule has 0 aromatic heterocycles. The Morgan fingerprint density at radius 2 is 2.00 bits per heavy atom. The molecule has 0 aliphatic carbocycles. The minimum absolute atomic E-state index is 0.312. The third kappa shape index (κ3) is 3.31. The van der Waals surface area contributed by atoms with Crippen LogP contribution < -0.4 is 4.83 Å². The van der Waals surface area contributed by atoms with E-state index in [-0.39, 0.29) is 5.56 Å². The summed E-state index contributed by atoms with van der Waals surface area (Å²) in [6, 6.07) is 2.65. The number of carboxylic acid groups (broad SMARTS) is 1. The van der Waals surface area contributed by atoms with Crippen LogP contribution in [0, 0.1) is 5.82 Å². The van der Waals surface area contributed by atoms with Crippen LogP contribution in [0.1, 0.15) is 10.4 Å². The van der Waals surface area contributed by atoms with E-state index in [0.717, 1.165) is 12.1 Å². The Morgan fingerprint density at radius 1 is 1.35 bits per heavy atom. The van der Waals surface area contributed by atoms with E-state index in [2.05, 4.69) is 4.83 Å². The Bertz CT molecular complexity index is 613. The lowest BCUT2D eigenvalue weighted by molar-refractivity contribution is 0.0272. The summed E-state index contributed by atoms with van der Waals surface area (Å²) in [6.07, 6.45) is 0. The largest absolute Gasteiger partial charge is 0.478 e. The Hall–Kier alpha value is -1.55. The molecule has 7 nitrogen and oxygen atoms in total. The van der Waals surface area contributed by atoms with Crippen molar-refractivity contribution in [3.8, 4) is 0 Å². The van der Waals surface area contributed by atoms with Gasteiger partial charge in [-0.2, -0.15) is 0 Å². The second-order valence-corrected chi connectivity index (χ2v) is 5.77. The van der Waals surface area contributed by atoms with E-state index < -0.39 is 26.7 Å². The van der Waals surface area contributed by atoms with Gasteiger partial charge in [-0.1, -0.05) is 0 Å². The van der Waals surface area contributed by atoms with E-state index in [4.69, 9.17) is 9.84 Å². The molecule has 1 aromatic rings. The number of aromatic carboxylic acids is 1. The maximum absolute atomic E-state index is 13.7. The Labute approximate surface area is 115 Å². The number of halogens is 1. The minimum Gasteiger partial charge on any atom is -0.478 e. The van der Waals surface area contributed by atoms with Crippen molar-refractivity contribution in [3.05, 3.63) is 29.6 Å². The van der Waals surface area contributed by atoms with Crippen LogP contribution in [0.4, 0.5) is 4.39 Å². The van der Waals surface area contributed by atoms with Gasteiger partial charge in [0.2, 0.25) is 0 Å². The summed E-state index contributed by atoms with van der Waals surface area (Å²) < 4.78 is 42.8. The molecule has 0 saturated carbocycles. The highest BCUT2D eigenvalue weighted by molar-refractivity contribution is 7.89. The second kappa shape index (κ2) is 5.83. The molecule has 110 valence electrons. The highest BCUT2D eigenvalue weighted by Gasteiger charge is 2.24. The van der Waals surface area contributed by atoms with Crippen LogP contribution in [-0.2, 0) is 14.8 Å². The molecule has 0 bridgehead atoms. The summed E-state index contributed by atoms with van der Waals surface area (Å²) in [6.45, 7) is 1.47. The maximum atomic E-state index is 13.7. The zero-order valence-corrected chi connectivity index (χ0v) is 11.2. The molecular weight excluding hydrogens is 291 g/mol. The maximum Gasteiger partial charge on any atom is 0.335 e. The molecule has 1 aliphatic rings. The van der Waals surface area contributed by atoms with Crippen molar-refractivity contribution in [1.82, 2.24) is 9.84 Å². The van der Waals surface area contributed by atoms with Gasteiger partial charge in [0.15, 0.2) is 0 Å². The fourth-order valence-electron chi connectivity index (χ4n) is 1.73. The molecule has 0 atom stereocenters. The van der Waals surface area contributed by atoms with Crippen LogP contribution in [0.2, 0.25) is 0 Å². The van der Waals surface area contributed by atoms with Gasteiger partial charge in [-0.15, -0.1) is 4.83 Å². The number of hydrogen-bond acceptors (Lipinski definition) is 5. The number of benzene rings is 1. The normalized spacial score (nSPS) is 17.1. The number of nitrogens with one attached hydrogen (secondary N) is 1. The molecule has 0 radical (unpaired) electrons. The van der Waals surface area contributed by atoms with Crippen LogP contribution >= 0.6 is 0 Å². The number of sulfonamides is 1. The van der Waals surface area contributed by atoms with Gasteiger partial charge in [0.1, 0.15) is 10.7 Å². The van der Waals surface area contributed by atoms with Crippen LogP contribution in [0.15, 0.2) is 23.1 Å². The van der Waals surface area contributed by atoms with E-state index in [0.29, 0.717) is 32.4 Å². The lowest BCUT2D eigenvalue weighted by Crippen LogP contribution is -2.48. The zero-order valence-electron chi connectivity index (χ0n) is 10.4. The van der Waals surface area contributed by atoms with Crippen molar-refractivity contribution in [3.63, 3.8) is 0 Å². The van der Waals surface area contributed by atoms with Crippen LogP contribution in [0.25, 0.3) is 0 Å². The lowest BCUT2D eigenvalue weighted by Gasteiger charge is -2.26. The van der Waals surface area contributed by atoms with Gasteiger partial charge < -0.3 is 9.84 Å². The molecule has 1 aromatic carbocycles. The number of ether oxygens (including phenoxy) is 1. The van der Waals surface area contributed by atoms with Crippen molar-refractivity contribution in [1.29, 1.82) is 0 Å². The van der Waals surface area contributed by atoms with Crippen molar-refractivity contribution < 1.29 is 27.4 Å². The molecule has 1 aliphatic heterocycles. The molecule has 9 heteroatoms. The predicted octanol–water partition coefficient (Wildman–Crippen LogP) is 0.0494. The van der Waals surface area contributed by atoms with Gasteiger partial charge in [-0.25, -0.2) is 22.6 Å². The fourth-order valence-corrected chi connectivity index (χ4v) is 2.91.